The molecule has 0 spiro atoms. The van der Waals surface area contributed by atoms with Gasteiger partial charge in [0, 0.05) is 20.8 Å². The second kappa shape index (κ2) is 12.5. The molecule has 3 rings (SSSR count). The Bertz CT molecular complexity index is 1610. The van der Waals surface area contributed by atoms with Crippen LogP contribution in [0.2, 0.25) is 0 Å². The Morgan fingerprint density at radius 3 is 1.88 bits per heavy atom. The molecule has 42 heavy (non-hydrogen) atoms. The molecule has 16 nitrogen and oxygen atoms in total. The van der Waals surface area contributed by atoms with Gasteiger partial charge in [-0.3, -0.25) is 19.2 Å². The molecule has 1 fully saturated rings. The van der Waals surface area contributed by atoms with Crippen molar-refractivity contribution >= 4 is 33.9 Å². The third kappa shape index (κ3) is 6.33. The number of hydrogen-bond donors (Lipinski definition) is 0. The Morgan fingerprint density at radius 1 is 0.857 bits per heavy atom. The van der Waals surface area contributed by atoms with Crippen molar-refractivity contribution in [1.82, 2.24) is 8.54 Å². The van der Waals surface area contributed by atoms with Crippen LogP contribution in [0.3, 0.4) is 0 Å². The predicted molar refractivity (Wildman–Crippen MR) is 133 cm³/mol. The quantitative estimate of drug-likeness (QED) is 0.265. The van der Waals surface area contributed by atoms with Gasteiger partial charge in [-0.05, 0) is 24.3 Å². The summed E-state index contributed by atoms with van der Waals surface area (Å²) >= 11 is 0. The van der Waals surface area contributed by atoms with Crippen molar-refractivity contribution in [3.05, 3.63) is 57.1 Å². The third-order valence-corrected chi connectivity index (χ3v) is 7.42. The average Bonchev–Trinajstić information content (AvgIpc) is 2.92. The summed E-state index contributed by atoms with van der Waals surface area (Å²) < 4.78 is 72.0. The van der Waals surface area contributed by atoms with Crippen LogP contribution in [0, 0.1) is 5.82 Å². The number of benzene rings is 1. The zero-order valence-electron chi connectivity index (χ0n) is 22.7. The van der Waals surface area contributed by atoms with Gasteiger partial charge in [0.2, 0.25) is 5.82 Å². The highest BCUT2D eigenvalue weighted by molar-refractivity contribution is 7.90. The Balaban J connectivity index is 2.33. The number of esters is 4. The van der Waals surface area contributed by atoms with Gasteiger partial charge >= 0.3 is 29.6 Å². The summed E-state index contributed by atoms with van der Waals surface area (Å²) in [6, 6.07) is 4.57. The van der Waals surface area contributed by atoms with Crippen LogP contribution in [0.1, 0.15) is 27.0 Å². The highest BCUT2D eigenvalue weighted by atomic mass is 32.2. The highest BCUT2D eigenvalue weighted by Gasteiger charge is 2.56. The molecular weight excluding hydrogens is 591 g/mol. The van der Waals surface area contributed by atoms with Gasteiger partial charge in [-0.2, -0.15) is 8.36 Å². The number of aromatic nitrogens is 2. The van der Waals surface area contributed by atoms with E-state index in [4.69, 9.17) is 23.7 Å². The fourth-order valence-electron chi connectivity index (χ4n) is 4.08. The summed E-state index contributed by atoms with van der Waals surface area (Å²) in [6.07, 6.45) is -10.1. The van der Waals surface area contributed by atoms with E-state index in [-0.39, 0.29) is 20.5 Å². The number of methoxy groups -OCH3 is 2. The molecule has 228 valence electrons. The normalized spacial score (nSPS) is 22.0. The van der Waals surface area contributed by atoms with Crippen molar-refractivity contribution in [1.29, 1.82) is 0 Å². The van der Waals surface area contributed by atoms with Crippen molar-refractivity contribution in [2.75, 3.05) is 14.2 Å². The molecule has 5 atom stereocenters. The maximum absolute atomic E-state index is 15.0. The SMILES string of the molecule is COC(=O)[C@H]1O[C@@H](n2c(=O)c(F)cn(S(=O)(=O)c3ccc(OC)cc3)c2=O)[C@H](OC(C)=O)[C@@H](OC(C)=O)[C@@H]1OC(C)=O. The van der Waals surface area contributed by atoms with Crippen LogP contribution >= 0.6 is 0 Å². The number of carbonyl (C=O) groups is 4. The minimum atomic E-state index is -4.89. The van der Waals surface area contributed by atoms with Crippen LogP contribution in [-0.4, -0.2) is 79.5 Å². The lowest BCUT2D eigenvalue weighted by Gasteiger charge is -2.43. The molecule has 0 amide bonds. The smallest absolute Gasteiger partial charge is 0.347 e. The van der Waals surface area contributed by atoms with E-state index >= 15 is 4.39 Å². The molecule has 0 N–H and O–H groups in total. The summed E-state index contributed by atoms with van der Waals surface area (Å²) in [5.41, 5.74) is -3.49. The topological polar surface area (TPSA) is 202 Å². The van der Waals surface area contributed by atoms with Gasteiger partial charge in [0.1, 0.15) is 5.75 Å². The Labute approximate surface area is 236 Å². The summed E-state index contributed by atoms with van der Waals surface area (Å²) in [5, 5.41) is 0. The van der Waals surface area contributed by atoms with Gasteiger partial charge in [0.05, 0.1) is 25.3 Å². The molecule has 18 heteroatoms. The van der Waals surface area contributed by atoms with Crippen LogP contribution in [0.25, 0.3) is 0 Å². The Hall–Kier alpha value is -4.58. The van der Waals surface area contributed by atoms with Gasteiger partial charge in [-0.25, -0.2) is 22.6 Å². The lowest BCUT2D eigenvalue weighted by atomic mass is 9.96. The first kappa shape index (κ1) is 31.9. The number of rotatable bonds is 8. The van der Waals surface area contributed by atoms with Crippen molar-refractivity contribution in [3.63, 3.8) is 0 Å². The monoisotopic (exact) mass is 616 g/mol. The summed E-state index contributed by atoms with van der Waals surface area (Å²) in [4.78, 5) is 74.6. The number of hydrogen-bond acceptors (Lipinski definition) is 14. The van der Waals surface area contributed by atoms with Gasteiger partial charge in [-0.1, -0.05) is 0 Å². The summed E-state index contributed by atoms with van der Waals surface area (Å²) in [7, 11) is -2.67. The minimum Gasteiger partial charge on any atom is -0.497 e. The summed E-state index contributed by atoms with van der Waals surface area (Å²) in [5.74, 6) is -6.00. The van der Waals surface area contributed by atoms with Gasteiger partial charge in [-0.15, -0.1) is 0 Å². The summed E-state index contributed by atoms with van der Waals surface area (Å²) in [6.45, 7) is 2.69. The van der Waals surface area contributed by atoms with Gasteiger partial charge in [0.25, 0.3) is 15.6 Å². The maximum Gasteiger partial charge on any atom is 0.347 e. The molecule has 0 bridgehead atoms. The van der Waals surface area contributed by atoms with E-state index in [1.807, 2.05) is 0 Å². The van der Waals surface area contributed by atoms with Crippen molar-refractivity contribution in [3.8, 4) is 5.75 Å². The Kier molecular flexibility index (Phi) is 9.52. The molecule has 2 heterocycles. The molecule has 2 aromatic rings. The molecule has 0 aliphatic carbocycles. The standard InChI is InChI=1S/C24H25FN2O14S/c1-11(28)38-17-18(39-12(2)29)20(23(32)37-5)41-22(19(17)40-13(3)30)27-21(31)16(25)10-26(24(27)33)42(34,35)15-8-6-14(36-4)7-9-15/h6-10,17-20,22H,1-5H3/t17-,18-,19+,20-,22+/m0/s1. The minimum absolute atomic E-state index is 0.0829. The van der Waals surface area contributed by atoms with E-state index in [0.717, 1.165) is 40.0 Å². The van der Waals surface area contributed by atoms with Crippen molar-refractivity contribution in [2.45, 2.75) is 56.3 Å². The first-order valence-electron chi connectivity index (χ1n) is 11.8. The van der Waals surface area contributed by atoms with Crippen molar-refractivity contribution in [2.24, 2.45) is 0 Å². The van der Waals surface area contributed by atoms with E-state index in [1.54, 1.807) is 0 Å². The fourth-order valence-corrected chi connectivity index (χ4v) is 5.31. The van der Waals surface area contributed by atoms with Crippen LogP contribution in [0.4, 0.5) is 4.39 Å². The zero-order chi connectivity index (χ0) is 31.5. The molecule has 0 unspecified atom stereocenters. The predicted octanol–water partition coefficient (Wildman–Crippen LogP) is -0.740. The fraction of sp³-hybridized carbons (Fsp3) is 0.417. The van der Waals surface area contributed by atoms with E-state index < -0.39 is 86.5 Å². The molecule has 0 radical (unpaired) electrons. The second-order valence-electron chi connectivity index (χ2n) is 8.60. The number of nitrogens with zero attached hydrogens (tertiary/aromatic N) is 2. The molecule has 1 aliphatic heterocycles. The van der Waals surface area contributed by atoms with Crippen LogP contribution in [0.5, 0.6) is 5.75 Å². The first-order chi connectivity index (χ1) is 19.6. The van der Waals surface area contributed by atoms with Crippen LogP contribution in [0.15, 0.2) is 44.9 Å². The molecular formula is C24H25FN2O14S. The average molecular weight is 617 g/mol. The second-order valence-corrected chi connectivity index (χ2v) is 10.4. The number of halogens is 1. The van der Waals surface area contributed by atoms with Crippen LogP contribution in [-0.2, 0) is 52.9 Å². The lowest BCUT2D eigenvalue weighted by molar-refractivity contribution is -0.264. The van der Waals surface area contributed by atoms with Crippen molar-refractivity contribution < 1.29 is 60.4 Å². The van der Waals surface area contributed by atoms with E-state index in [1.165, 1.54) is 19.2 Å². The first-order valence-corrected chi connectivity index (χ1v) is 13.3. The zero-order valence-corrected chi connectivity index (χ0v) is 23.5. The van der Waals surface area contributed by atoms with Crippen LogP contribution < -0.4 is 16.0 Å². The molecule has 0 saturated carbocycles. The Morgan fingerprint density at radius 2 is 1.38 bits per heavy atom. The van der Waals surface area contributed by atoms with E-state index in [0.29, 0.717) is 0 Å². The maximum atomic E-state index is 15.0. The largest absolute Gasteiger partial charge is 0.497 e. The molecule has 1 aliphatic rings. The number of carbonyl (C=O) groups excluding carboxylic acids is 4. The van der Waals surface area contributed by atoms with Gasteiger partial charge < -0.3 is 28.4 Å². The molecule has 1 saturated heterocycles. The third-order valence-electron chi connectivity index (χ3n) is 5.77. The van der Waals surface area contributed by atoms with E-state index in [2.05, 4.69) is 4.74 Å². The van der Waals surface area contributed by atoms with Gasteiger partial charge in [0.15, 0.2) is 30.6 Å². The number of ether oxygens (including phenoxy) is 6. The lowest BCUT2D eigenvalue weighted by Crippen LogP contribution is -2.64. The van der Waals surface area contributed by atoms with E-state index in [9.17, 15) is 37.2 Å². The molecule has 1 aromatic heterocycles. The molecule has 1 aromatic carbocycles. The highest BCUT2D eigenvalue weighted by Crippen LogP contribution is 2.34.